The zero-order chi connectivity index (χ0) is 13.8. The van der Waals surface area contributed by atoms with Gasteiger partial charge in [0, 0.05) is 19.7 Å². The van der Waals surface area contributed by atoms with Crippen LogP contribution in [0.1, 0.15) is 25.3 Å². The Labute approximate surface area is 114 Å². The quantitative estimate of drug-likeness (QED) is 0.844. The van der Waals surface area contributed by atoms with E-state index in [1.165, 1.54) is 12.8 Å². The summed E-state index contributed by atoms with van der Waals surface area (Å²) in [5.41, 5.74) is 6.75. The lowest BCUT2D eigenvalue weighted by Crippen LogP contribution is -2.38. The average molecular weight is 260 g/mol. The summed E-state index contributed by atoms with van der Waals surface area (Å²) in [6.45, 7) is 3.54. The first-order valence-electron chi connectivity index (χ1n) is 6.58. The summed E-state index contributed by atoms with van der Waals surface area (Å²) in [6, 6.07) is 4.24. The highest BCUT2D eigenvalue weighted by molar-refractivity contribution is 5.59. The summed E-state index contributed by atoms with van der Waals surface area (Å²) in [5, 5.41) is 9.25. The van der Waals surface area contributed by atoms with Crippen molar-refractivity contribution in [3.8, 4) is 6.07 Å². The topological polar surface area (TPSA) is 75.2 Å². The molecule has 0 bridgehead atoms. The Hall–Kier alpha value is -1.80. The van der Waals surface area contributed by atoms with Gasteiger partial charge in [-0.05, 0) is 31.7 Å². The third-order valence-electron chi connectivity index (χ3n) is 3.61. The molecular weight excluding hydrogens is 240 g/mol. The largest absolute Gasteiger partial charge is 0.397 e. The molecule has 0 aromatic carbocycles. The lowest BCUT2D eigenvalue weighted by molar-refractivity contribution is 0.202. The zero-order valence-electron chi connectivity index (χ0n) is 11.5. The second-order valence-electron chi connectivity index (χ2n) is 5.02. The van der Waals surface area contributed by atoms with Gasteiger partial charge in [0.05, 0.1) is 24.1 Å². The van der Waals surface area contributed by atoms with Gasteiger partial charge in [-0.25, -0.2) is 4.98 Å². The standard InChI is InChI=1S/C14H20N4O/c1-10(11-3-4-11)18(5-6-19-2)14-12(8-15)7-13(16)9-17-14/h7,9-11H,3-6,16H2,1-2H3. The Morgan fingerprint density at radius 3 is 2.95 bits per heavy atom. The van der Waals surface area contributed by atoms with Crippen molar-refractivity contribution >= 4 is 11.5 Å². The van der Waals surface area contributed by atoms with Gasteiger partial charge in [-0.3, -0.25) is 0 Å². The van der Waals surface area contributed by atoms with Crippen LogP contribution in [-0.4, -0.2) is 31.3 Å². The van der Waals surface area contributed by atoms with Crippen molar-refractivity contribution in [3.63, 3.8) is 0 Å². The van der Waals surface area contributed by atoms with E-state index in [0.29, 0.717) is 35.6 Å². The van der Waals surface area contributed by atoms with Crippen LogP contribution in [0.4, 0.5) is 11.5 Å². The maximum absolute atomic E-state index is 9.25. The third kappa shape index (κ3) is 3.15. The number of nitrogens with zero attached hydrogens (tertiary/aromatic N) is 3. The van der Waals surface area contributed by atoms with Gasteiger partial charge in [0.1, 0.15) is 11.9 Å². The van der Waals surface area contributed by atoms with Crippen LogP contribution in [0.25, 0.3) is 0 Å². The van der Waals surface area contributed by atoms with Crippen molar-refractivity contribution in [3.05, 3.63) is 17.8 Å². The molecule has 1 heterocycles. The summed E-state index contributed by atoms with van der Waals surface area (Å²) in [4.78, 5) is 6.52. The number of hydrogen-bond acceptors (Lipinski definition) is 5. The van der Waals surface area contributed by atoms with E-state index in [1.807, 2.05) is 0 Å². The first-order chi connectivity index (χ1) is 9.17. The van der Waals surface area contributed by atoms with Crippen LogP contribution in [-0.2, 0) is 4.74 Å². The minimum atomic E-state index is 0.373. The predicted molar refractivity (Wildman–Crippen MR) is 74.8 cm³/mol. The molecule has 1 aliphatic rings. The second-order valence-corrected chi connectivity index (χ2v) is 5.02. The third-order valence-corrected chi connectivity index (χ3v) is 3.61. The monoisotopic (exact) mass is 260 g/mol. The van der Waals surface area contributed by atoms with Crippen LogP contribution in [0, 0.1) is 17.2 Å². The number of hydrogen-bond donors (Lipinski definition) is 1. The normalized spacial score (nSPS) is 15.8. The van der Waals surface area contributed by atoms with E-state index in [1.54, 1.807) is 19.4 Å². The average Bonchev–Trinajstić information content (AvgIpc) is 3.24. The molecule has 1 fully saturated rings. The maximum Gasteiger partial charge on any atom is 0.146 e. The molecule has 0 saturated heterocycles. The molecule has 1 aliphatic carbocycles. The zero-order valence-corrected chi connectivity index (χ0v) is 11.5. The van der Waals surface area contributed by atoms with Crippen LogP contribution < -0.4 is 10.6 Å². The fourth-order valence-electron chi connectivity index (χ4n) is 2.31. The number of methoxy groups -OCH3 is 1. The number of pyridine rings is 1. The highest BCUT2D eigenvalue weighted by Gasteiger charge is 2.33. The summed E-state index contributed by atoms with van der Waals surface area (Å²) >= 11 is 0. The van der Waals surface area contributed by atoms with E-state index in [9.17, 15) is 5.26 Å². The predicted octanol–water partition coefficient (Wildman–Crippen LogP) is 1.79. The second kappa shape index (κ2) is 5.89. The smallest absolute Gasteiger partial charge is 0.146 e. The SMILES string of the molecule is COCCN(c1ncc(N)cc1C#N)C(C)C1CC1. The number of ether oxygens (including phenoxy) is 1. The molecule has 5 nitrogen and oxygen atoms in total. The summed E-state index contributed by atoms with van der Waals surface area (Å²) in [7, 11) is 1.68. The summed E-state index contributed by atoms with van der Waals surface area (Å²) < 4.78 is 5.16. The van der Waals surface area contributed by atoms with Gasteiger partial charge in [-0.15, -0.1) is 0 Å². The molecule has 19 heavy (non-hydrogen) atoms. The minimum absolute atomic E-state index is 0.373. The molecule has 1 unspecified atom stereocenters. The van der Waals surface area contributed by atoms with Crippen LogP contribution in [0.15, 0.2) is 12.3 Å². The van der Waals surface area contributed by atoms with E-state index in [2.05, 4.69) is 22.9 Å². The van der Waals surface area contributed by atoms with Gasteiger partial charge in [-0.2, -0.15) is 5.26 Å². The van der Waals surface area contributed by atoms with Crippen molar-refractivity contribution < 1.29 is 4.74 Å². The van der Waals surface area contributed by atoms with Crippen LogP contribution in [0.2, 0.25) is 0 Å². The van der Waals surface area contributed by atoms with Crippen molar-refractivity contribution in [2.75, 3.05) is 30.9 Å². The van der Waals surface area contributed by atoms with E-state index in [0.717, 1.165) is 6.54 Å². The van der Waals surface area contributed by atoms with Crippen LogP contribution in [0.3, 0.4) is 0 Å². The van der Waals surface area contributed by atoms with Gasteiger partial charge < -0.3 is 15.4 Å². The molecule has 0 radical (unpaired) electrons. The van der Waals surface area contributed by atoms with Crippen molar-refractivity contribution in [2.45, 2.75) is 25.8 Å². The summed E-state index contributed by atoms with van der Waals surface area (Å²) in [5.74, 6) is 1.41. The highest BCUT2D eigenvalue weighted by atomic mass is 16.5. The van der Waals surface area contributed by atoms with E-state index in [-0.39, 0.29) is 0 Å². The van der Waals surface area contributed by atoms with Crippen LogP contribution >= 0.6 is 0 Å². The van der Waals surface area contributed by atoms with E-state index >= 15 is 0 Å². The molecule has 1 atom stereocenters. The molecule has 0 aliphatic heterocycles. The number of aromatic nitrogens is 1. The van der Waals surface area contributed by atoms with Gasteiger partial charge in [-0.1, -0.05) is 0 Å². The van der Waals surface area contributed by atoms with Crippen LogP contribution in [0.5, 0.6) is 0 Å². The molecule has 1 aromatic rings. The fraction of sp³-hybridized carbons (Fsp3) is 0.571. The molecule has 0 amide bonds. The molecule has 0 spiro atoms. The molecule has 2 N–H and O–H groups in total. The molecule has 1 aromatic heterocycles. The molecule has 5 heteroatoms. The number of nitrogen functional groups attached to an aromatic ring is 1. The Kier molecular flexibility index (Phi) is 4.23. The van der Waals surface area contributed by atoms with E-state index in [4.69, 9.17) is 10.5 Å². The first-order valence-corrected chi connectivity index (χ1v) is 6.58. The lowest BCUT2D eigenvalue weighted by Gasteiger charge is -2.31. The van der Waals surface area contributed by atoms with Crippen molar-refractivity contribution in [1.82, 2.24) is 4.98 Å². The van der Waals surface area contributed by atoms with Crippen molar-refractivity contribution in [1.29, 1.82) is 5.26 Å². The number of nitrogens with two attached hydrogens (primary N) is 1. The van der Waals surface area contributed by atoms with Gasteiger partial charge in [0.25, 0.3) is 0 Å². The molecule has 102 valence electrons. The molecule has 2 rings (SSSR count). The van der Waals surface area contributed by atoms with Gasteiger partial charge in [0.15, 0.2) is 0 Å². The molecular formula is C14H20N4O. The van der Waals surface area contributed by atoms with E-state index < -0.39 is 0 Å². The number of rotatable bonds is 6. The fourth-order valence-corrected chi connectivity index (χ4v) is 2.31. The highest BCUT2D eigenvalue weighted by Crippen LogP contribution is 2.37. The number of anilines is 2. The Balaban J connectivity index is 2.28. The summed E-state index contributed by atoms with van der Waals surface area (Å²) in [6.07, 6.45) is 4.11. The lowest BCUT2D eigenvalue weighted by atomic mass is 10.1. The van der Waals surface area contributed by atoms with Gasteiger partial charge in [0.2, 0.25) is 0 Å². The Bertz CT molecular complexity index is 479. The minimum Gasteiger partial charge on any atom is -0.397 e. The molecule has 1 saturated carbocycles. The first kappa shape index (κ1) is 13.6. The Morgan fingerprint density at radius 1 is 1.63 bits per heavy atom. The maximum atomic E-state index is 9.25. The Morgan fingerprint density at radius 2 is 2.37 bits per heavy atom. The van der Waals surface area contributed by atoms with Gasteiger partial charge >= 0.3 is 0 Å². The number of nitriles is 1. The van der Waals surface area contributed by atoms with Crippen molar-refractivity contribution in [2.24, 2.45) is 5.92 Å².